The standard InChI is InChI=1S/C7H9Cl.C2H6/c1-4-6(2)5-7(3)8;1-2/h4-5H,1,3H2,2H3;1-2H3/b6-5-;. The van der Waals surface area contributed by atoms with E-state index in [2.05, 4.69) is 13.2 Å². The molecule has 0 unspecified atom stereocenters. The summed E-state index contributed by atoms with van der Waals surface area (Å²) in [7, 11) is 0. The third-order valence-electron chi connectivity index (χ3n) is 0.706. The van der Waals surface area contributed by atoms with E-state index >= 15 is 0 Å². The molecular weight excluding hydrogens is 144 g/mol. The van der Waals surface area contributed by atoms with Crippen molar-refractivity contribution in [3.63, 3.8) is 0 Å². The quantitative estimate of drug-likeness (QED) is 0.535. The Morgan fingerprint density at radius 1 is 1.40 bits per heavy atom. The van der Waals surface area contributed by atoms with Crippen LogP contribution in [0.3, 0.4) is 0 Å². The zero-order valence-electron chi connectivity index (χ0n) is 6.95. The van der Waals surface area contributed by atoms with Gasteiger partial charge in [0, 0.05) is 5.03 Å². The van der Waals surface area contributed by atoms with E-state index in [1.165, 1.54) is 0 Å². The average Bonchev–Trinajstić information content (AvgIpc) is 1.91. The van der Waals surface area contributed by atoms with Gasteiger partial charge in [0.25, 0.3) is 0 Å². The van der Waals surface area contributed by atoms with Gasteiger partial charge in [-0.25, -0.2) is 0 Å². The lowest BCUT2D eigenvalue weighted by Crippen LogP contribution is -1.64. The Hall–Kier alpha value is -0.490. The van der Waals surface area contributed by atoms with Crippen molar-refractivity contribution >= 4 is 11.6 Å². The zero-order valence-corrected chi connectivity index (χ0v) is 7.70. The van der Waals surface area contributed by atoms with Crippen molar-refractivity contribution in [1.82, 2.24) is 0 Å². The van der Waals surface area contributed by atoms with Gasteiger partial charge in [-0.15, -0.1) is 0 Å². The largest absolute Gasteiger partial charge is 0.0988 e. The lowest BCUT2D eigenvalue weighted by Gasteiger charge is -1.85. The lowest BCUT2D eigenvalue weighted by atomic mass is 10.3. The average molecular weight is 159 g/mol. The van der Waals surface area contributed by atoms with E-state index in [9.17, 15) is 0 Å². The van der Waals surface area contributed by atoms with Crippen molar-refractivity contribution in [1.29, 1.82) is 0 Å². The maximum Gasteiger partial charge on any atom is 0.0336 e. The van der Waals surface area contributed by atoms with Crippen molar-refractivity contribution in [2.45, 2.75) is 20.8 Å². The summed E-state index contributed by atoms with van der Waals surface area (Å²) in [5.74, 6) is 0. The van der Waals surface area contributed by atoms with E-state index in [1.807, 2.05) is 20.8 Å². The summed E-state index contributed by atoms with van der Waals surface area (Å²) in [6.07, 6.45) is 3.49. The van der Waals surface area contributed by atoms with Gasteiger partial charge in [-0.1, -0.05) is 50.3 Å². The monoisotopic (exact) mass is 158 g/mol. The van der Waals surface area contributed by atoms with Crippen LogP contribution in [-0.2, 0) is 0 Å². The molecule has 0 aromatic rings. The molecule has 0 heterocycles. The van der Waals surface area contributed by atoms with Gasteiger partial charge >= 0.3 is 0 Å². The lowest BCUT2D eigenvalue weighted by molar-refractivity contribution is 1.50. The first-order valence-electron chi connectivity index (χ1n) is 3.32. The fraction of sp³-hybridized carbons (Fsp3) is 0.333. The highest BCUT2D eigenvalue weighted by Gasteiger charge is 1.79. The van der Waals surface area contributed by atoms with Crippen LogP contribution in [0, 0.1) is 0 Å². The van der Waals surface area contributed by atoms with Gasteiger partial charge in [-0.2, -0.15) is 0 Å². The maximum atomic E-state index is 5.43. The van der Waals surface area contributed by atoms with Gasteiger partial charge in [0.2, 0.25) is 0 Å². The fourth-order valence-electron chi connectivity index (χ4n) is 0.306. The van der Waals surface area contributed by atoms with Crippen molar-refractivity contribution in [3.8, 4) is 0 Å². The van der Waals surface area contributed by atoms with Crippen LogP contribution < -0.4 is 0 Å². The van der Waals surface area contributed by atoms with Gasteiger partial charge in [0.15, 0.2) is 0 Å². The molecule has 0 aliphatic heterocycles. The topological polar surface area (TPSA) is 0 Å². The molecular formula is C9H15Cl. The van der Waals surface area contributed by atoms with Crippen molar-refractivity contribution in [2.24, 2.45) is 0 Å². The van der Waals surface area contributed by atoms with Gasteiger partial charge in [-0.05, 0) is 13.0 Å². The third kappa shape index (κ3) is 10.5. The van der Waals surface area contributed by atoms with Crippen LogP contribution in [0.25, 0.3) is 0 Å². The molecule has 0 bridgehead atoms. The van der Waals surface area contributed by atoms with Gasteiger partial charge < -0.3 is 0 Å². The zero-order chi connectivity index (χ0) is 8.57. The van der Waals surface area contributed by atoms with Crippen LogP contribution in [0.5, 0.6) is 0 Å². The summed E-state index contributed by atoms with van der Waals surface area (Å²) in [4.78, 5) is 0. The highest BCUT2D eigenvalue weighted by Crippen LogP contribution is 2.03. The molecule has 0 saturated heterocycles. The summed E-state index contributed by atoms with van der Waals surface area (Å²) >= 11 is 5.43. The molecule has 0 amide bonds. The molecule has 0 N–H and O–H groups in total. The van der Waals surface area contributed by atoms with Gasteiger partial charge in [0.1, 0.15) is 0 Å². The Kier molecular flexibility index (Phi) is 10.4. The smallest absolute Gasteiger partial charge is 0.0336 e. The molecule has 10 heavy (non-hydrogen) atoms. The van der Waals surface area contributed by atoms with E-state index in [4.69, 9.17) is 11.6 Å². The molecule has 0 saturated carbocycles. The van der Waals surface area contributed by atoms with Crippen LogP contribution in [-0.4, -0.2) is 0 Å². The Labute approximate surface area is 68.9 Å². The number of hydrogen-bond acceptors (Lipinski definition) is 0. The number of hydrogen-bond donors (Lipinski definition) is 0. The van der Waals surface area contributed by atoms with E-state index in [-0.39, 0.29) is 0 Å². The van der Waals surface area contributed by atoms with Crippen LogP contribution >= 0.6 is 11.6 Å². The first-order chi connectivity index (χ1) is 4.66. The molecule has 1 heteroatoms. The molecule has 0 nitrogen and oxygen atoms in total. The first-order valence-corrected chi connectivity index (χ1v) is 3.69. The second kappa shape index (κ2) is 8.51. The molecule has 0 aromatic carbocycles. The second-order valence-electron chi connectivity index (χ2n) is 1.54. The second-order valence-corrected chi connectivity index (χ2v) is 2.02. The molecule has 0 atom stereocenters. The Bertz CT molecular complexity index is 132. The Morgan fingerprint density at radius 3 is 1.90 bits per heavy atom. The van der Waals surface area contributed by atoms with E-state index in [0.717, 1.165) is 5.57 Å². The molecule has 0 rings (SSSR count). The van der Waals surface area contributed by atoms with E-state index in [0.29, 0.717) is 5.03 Å². The Morgan fingerprint density at radius 2 is 1.80 bits per heavy atom. The minimum absolute atomic E-state index is 0.544. The SMILES string of the molecule is C=C/C(C)=C\C(=C)Cl.CC. The highest BCUT2D eigenvalue weighted by molar-refractivity contribution is 6.30. The predicted octanol–water partition coefficient (Wildman–Crippen LogP) is 3.90. The molecule has 0 fully saturated rings. The molecule has 0 aliphatic carbocycles. The molecule has 0 radical (unpaired) electrons. The van der Waals surface area contributed by atoms with Crippen LogP contribution in [0.15, 0.2) is 35.9 Å². The number of halogens is 1. The summed E-state index contributed by atoms with van der Waals surface area (Å²) in [5, 5.41) is 0.544. The number of rotatable bonds is 2. The van der Waals surface area contributed by atoms with Crippen molar-refractivity contribution in [3.05, 3.63) is 35.9 Å². The summed E-state index contributed by atoms with van der Waals surface area (Å²) in [6.45, 7) is 12.9. The maximum absolute atomic E-state index is 5.43. The molecule has 0 aromatic heterocycles. The molecule has 58 valence electrons. The molecule has 0 aliphatic rings. The Balaban J connectivity index is 0. The summed E-state index contributed by atoms with van der Waals surface area (Å²) < 4.78 is 0. The van der Waals surface area contributed by atoms with Crippen LogP contribution in [0.2, 0.25) is 0 Å². The van der Waals surface area contributed by atoms with Crippen LogP contribution in [0.1, 0.15) is 20.8 Å². The minimum atomic E-state index is 0.544. The fourth-order valence-corrected chi connectivity index (χ4v) is 0.478. The van der Waals surface area contributed by atoms with Crippen molar-refractivity contribution in [2.75, 3.05) is 0 Å². The summed E-state index contributed by atoms with van der Waals surface area (Å²) in [6, 6.07) is 0. The highest BCUT2D eigenvalue weighted by atomic mass is 35.5. The number of allylic oxidation sites excluding steroid dienone is 4. The summed E-state index contributed by atoms with van der Waals surface area (Å²) in [5.41, 5.74) is 1.03. The van der Waals surface area contributed by atoms with Gasteiger partial charge in [0.05, 0.1) is 0 Å². The normalized spacial score (nSPS) is 9.40. The van der Waals surface area contributed by atoms with Crippen molar-refractivity contribution < 1.29 is 0 Å². The van der Waals surface area contributed by atoms with E-state index < -0.39 is 0 Å². The first kappa shape index (κ1) is 12.2. The predicted molar refractivity (Wildman–Crippen MR) is 50.3 cm³/mol. The minimum Gasteiger partial charge on any atom is -0.0988 e. The van der Waals surface area contributed by atoms with E-state index in [1.54, 1.807) is 12.2 Å². The van der Waals surface area contributed by atoms with Crippen LogP contribution in [0.4, 0.5) is 0 Å². The molecule has 0 spiro atoms. The van der Waals surface area contributed by atoms with Gasteiger partial charge in [-0.3, -0.25) is 0 Å². The third-order valence-corrected chi connectivity index (χ3v) is 0.815.